The van der Waals surface area contributed by atoms with E-state index in [2.05, 4.69) is 20.8 Å². The van der Waals surface area contributed by atoms with Crippen molar-refractivity contribution in [2.75, 3.05) is 0 Å². The fourth-order valence-corrected chi connectivity index (χ4v) is 0. The quantitative estimate of drug-likeness (QED) is 0.449. The van der Waals surface area contributed by atoms with Crippen LogP contribution in [-0.4, -0.2) is 11.0 Å². The molecule has 0 rings (SSSR count). The monoisotopic (exact) mass is 238 g/mol. The van der Waals surface area contributed by atoms with Crippen LogP contribution in [0.5, 0.6) is 0 Å². The average Bonchev–Trinajstić information content (AvgIpc) is 0.811. The molecule has 0 N–H and O–H groups in total. The summed E-state index contributed by atoms with van der Waals surface area (Å²) in [7, 11) is 0. The zero-order valence-corrected chi connectivity index (χ0v) is 13.0. The van der Waals surface area contributed by atoms with Crippen molar-refractivity contribution in [1.82, 2.24) is 0 Å². The van der Waals surface area contributed by atoms with E-state index < -0.39 is 0 Å². The second-order valence-electron chi connectivity index (χ2n) is 1.50. The van der Waals surface area contributed by atoms with E-state index >= 15 is 0 Å². The summed E-state index contributed by atoms with van der Waals surface area (Å²) in [6.45, 7) is 6.25. The molecular formula is C6H20Cl2SiTi. The maximum absolute atomic E-state index is 2.08. The van der Waals surface area contributed by atoms with E-state index in [-0.39, 0.29) is 72.4 Å². The molecule has 0 spiro atoms. The van der Waals surface area contributed by atoms with E-state index in [0.29, 0.717) is 0 Å². The molecule has 0 aliphatic rings. The maximum atomic E-state index is 2.08. The Morgan fingerprint density at radius 3 is 0.800 bits per heavy atom. The zero-order valence-electron chi connectivity index (χ0n) is 7.82. The molecule has 0 heterocycles. The van der Waals surface area contributed by atoms with Gasteiger partial charge in [0.25, 0.3) is 0 Å². The minimum Gasteiger partial charge on any atom is -0.358 e. The van der Waals surface area contributed by atoms with E-state index in [1.165, 1.54) is 5.92 Å². The molecule has 2 radical (unpaired) electrons. The van der Waals surface area contributed by atoms with Gasteiger partial charge in [-0.15, -0.1) is 24.8 Å². The summed E-state index contributed by atoms with van der Waals surface area (Å²) >= 11 is 0. The van der Waals surface area contributed by atoms with Gasteiger partial charge in [0.1, 0.15) is 0 Å². The van der Waals surface area contributed by atoms with E-state index in [1.54, 1.807) is 0 Å². The van der Waals surface area contributed by atoms with Gasteiger partial charge in [-0.3, -0.25) is 0 Å². The van der Waals surface area contributed by atoms with Crippen LogP contribution in [0.3, 0.4) is 0 Å². The van der Waals surface area contributed by atoms with Gasteiger partial charge in [0.15, 0.2) is 0 Å². The van der Waals surface area contributed by atoms with Gasteiger partial charge in [-0.05, 0) is 11.0 Å². The fraction of sp³-hybridized carbons (Fsp3) is 0.500. The minimum atomic E-state index is 0. The first kappa shape index (κ1) is 62.5. The van der Waals surface area contributed by atoms with Crippen LogP contribution in [0.1, 0.15) is 20.8 Å². The minimum absolute atomic E-state index is 0. The van der Waals surface area contributed by atoms with Gasteiger partial charge in [0.2, 0.25) is 0 Å². The summed E-state index contributed by atoms with van der Waals surface area (Å²) in [5.74, 6) is 1.42. The molecule has 0 aliphatic heterocycles. The van der Waals surface area contributed by atoms with Crippen molar-refractivity contribution in [2.45, 2.75) is 20.8 Å². The predicted octanol–water partition coefficient (Wildman–Crippen LogP) is 2.18. The molecule has 0 aromatic carbocycles. The number of halogens is 2. The Kier molecular flexibility index (Phi) is 292. The molecule has 0 aromatic rings. The van der Waals surface area contributed by atoms with Crippen LogP contribution in [0.4, 0.5) is 0 Å². The van der Waals surface area contributed by atoms with Crippen molar-refractivity contribution in [1.29, 1.82) is 0 Å². The van der Waals surface area contributed by atoms with Crippen LogP contribution in [0.25, 0.3) is 0 Å². The fourth-order valence-electron chi connectivity index (χ4n) is 0. The third-order valence-electron chi connectivity index (χ3n) is 0. The Morgan fingerprint density at radius 2 is 0.800 bits per heavy atom. The molecule has 0 aromatic heterocycles. The van der Waals surface area contributed by atoms with E-state index in [1.807, 2.05) is 0 Å². The van der Waals surface area contributed by atoms with Gasteiger partial charge in [-0.2, -0.15) is 20.8 Å². The van der Waals surface area contributed by atoms with Crippen molar-refractivity contribution >= 4 is 35.8 Å². The Balaban J connectivity index is -0.00000000300. The van der Waals surface area contributed by atoms with Crippen molar-refractivity contribution < 1.29 is 21.7 Å². The molecule has 0 saturated heterocycles. The van der Waals surface area contributed by atoms with E-state index in [0.717, 1.165) is 0 Å². The summed E-state index contributed by atoms with van der Waals surface area (Å²) < 4.78 is 0. The summed E-state index contributed by atoms with van der Waals surface area (Å²) in [6.07, 6.45) is 0. The second-order valence-corrected chi connectivity index (χ2v) is 1.50. The van der Waals surface area contributed by atoms with Crippen LogP contribution >= 0.6 is 24.8 Å². The standard InChI is InChI=1S/C4H9.2CH3.2ClH.H3Si.Ti/c1-4(2)3;;;;;;/h1-3H3;2*1H3;2*1H;1H3;/q3*-1;;;;+3. The van der Waals surface area contributed by atoms with Crippen LogP contribution in [-0.2, 0) is 21.7 Å². The van der Waals surface area contributed by atoms with Crippen LogP contribution in [0.2, 0.25) is 0 Å². The average molecular weight is 239 g/mol. The summed E-state index contributed by atoms with van der Waals surface area (Å²) in [4.78, 5) is 0. The number of hydrogen-bond acceptors (Lipinski definition) is 0. The SMILES string of the molecule is C[C-](C)C.Cl.Cl.[CH3-].[CH3-].[SiH3].[Ti+3]. The molecule has 0 atom stereocenters. The van der Waals surface area contributed by atoms with Crippen molar-refractivity contribution in [3.63, 3.8) is 0 Å². The van der Waals surface area contributed by atoms with E-state index in [4.69, 9.17) is 0 Å². The number of rotatable bonds is 0. The molecule has 4 heteroatoms. The molecular weight excluding hydrogens is 219 g/mol. The normalized spacial score (nSPS) is 3.60. The van der Waals surface area contributed by atoms with Crippen molar-refractivity contribution in [2.24, 2.45) is 0 Å². The molecule has 0 unspecified atom stereocenters. The Morgan fingerprint density at radius 1 is 0.800 bits per heavy atom. The van der Waals surface area contributed by atoms with Gasteiger partial charge in [0, 0.05) is 0 Å². The third-order valence-corrected chi connectivity index (χ3v) is 0. The molecule has 0 amide bonds. The molecule has 0 nitrogen and oxygen atoms in total. The summed E-state index contributed by atoms with van der Waals surface area (Å²) in [5.41, 5.74) is 0. The van der Waals surface area contributed by atoms with Crippen molar-refractivity contribution in [3.05, 3.63) is 20.8 Å². The van der Waals surface area contributed by atoms with Gasteiger partial charge >= 0.3 is 21.7 Å². The maximum Gasteiger partial charge on any atom is 3.00 e. The molecule has 0 bridgehead atoms. The third kappa shape index (κ3) is 302. The topological polar surface area (TPSA) is 0 Å². The van der Waals surface area contributed by atoms with Gasteiger partial charge in [0.05, 0.1) is 0 Å². The molecule has 10 heavy (non-hydrogen) atoms. The first-order chi connectivity index (χ1) is 1.73. The largest absolute Gasteiger partial charge is 3.00 e. The molecule has 0 aliphatic carbocycles. The summed E-state index contributed by atoms with van der Waals surface area (Å²) in [5, 5.41) is 0. The van der Waals surface area contributed by atoms with Crippen LogP contribution in [0.15, 0.2) is 0 Å². The Labute approximate surface area is 98.7 Å². The molecule has 0 saturated carbocycles. The van der Waals surface area contributed by atoms with Gasteiger partial charge < -0.3 is 20.8 Å². The van der Waals surface area contributed by atoms with E-state index in [9.17, 15) is 0 Å². The predicted molar refractivity (Wildman–Crippen MR) is 57.5 cm³/mol. The number of hydrogen-bond donors (Lipinski definition) is 0. The molecule has 0 fully saturated rings. The first-order valence-electron chi connectivity index (χ1n) is 1.50. The Hall–Kier alpha value is 1.51. The van der Waals surface area contributed by atoms with Gasteiger partial charge in [-0.1, -0.05) is 0 Å². The second kappa shape index (κ2) is 46.7. The van der Waals surface area contributed by atoms with Crippen LogP contribution < -0.4 is 0 Å². The molecule has 66 valence electrons. The first-order valence-corrected chi connectivity index (χ1v) is 1.50. The zero-order chi connectivity index (χ0) is 3.58. The van der Waals surface area contributed by atoms with Gasteiger partial charge in [-0.25, -0.2) is 0 Å². The Bertz CT molecular complexity index is 20.5. The van der Waals surface area contributed by atoms with Crippen molar-refractivity contribution in [3.8, 4) is 0 Å². The summed E-state index contributed by atoms with van der Waals surface area (Å²) in [6, 6.07) is 0. The van der Waals surface area contributed by atoms with Crippen LogP contribution in [0, 0.1) is 20.8 Å². The smallest absolute Gasteiger partial charge is 0.358 e.